The lowest BCUT2D eigenvalue weighted by Crippen LogP contribution is -1.86. The Morgan fingerprint density at radius 3 is 2.60 bits per heavy atom. The highest BCUT2D eigenvalue weighted by Crippen LogP contribution is 2.30. The van der Waals surface area contributed by atoms with Crippen LogP contribution in [-0.4, -0.2) is 15.9 Å². The first-order valence-corrected chi connectivity index (χ1v) is 7.03. The minimum atomic E-state index is 0.224. The van der Waals surface area contributed by atoms with Crippen molar-refractivity contribution >= 4 is 38.7 Å². The molecular weight excluding hydrogens is 316 g/mol. The van der Waals surface area contributed by atoms with Crippen molar-refractivity contribution in [3.63, 3.8) is 0 Å². The zero-order valence-corrected chi connectivity index (χ0v) is 12.5. The zero-order valence-electron chi connectivity index (χ0n) is 10.9. The van der Waals surface area contributed by atoms with E-state index in [2.05, 4.69) is 20.9 Å². The molecule has 0 aliphatic heterocycles. The van der Waals surface area contributed by atoms with Gasteiger partial charge in [0.2, 0.25) is 5.88 Å². The van der Waals surface area contributed by atoms with E-state index in [4.69, 9.17) is 0 Å². The van der Waals surface area contributed by atoms with Crippen LogP contribution in [0.5, 0.6) is 5.88 Å². The molecule has 4 heteroatoms. The number of halogens is 1. The highest BCUT2D eigenvalue weighted by Gasteiger charge is 2.11. The number of benzene rings is 2. The third-order valence-electron chi connectivity index (χ3n) is 3.30. The summed E-state index contributed by atoms with van der Waals surface area (Å²) in [5.74, 6) is 0.224. The average molecular weight is 329 g/mol. The summed E-state index contributed by atoms with van der Waals surface area (Å²) in [5, 5.41) is 11.2. The molecule has 0 bridgehead atoms. The zero-order chi connectivity index (χ0) is 14.1. The second-order valence-corrected chi connectivity index (χ2v) is 5.38. The van der Waals surface area contributed by atoms with Gasteiger partial charge in [0.15, 0.2) is 0 Å². The van der Waals surface area contributed by atoms with E-state index < -0.39 is 0 Å². The molecule has 0 fully saturated rings. The Labute approximate surface area is 125 Å². The predicted molar refractivity (Wildman–Crippen MR) is 86.0 cm³/mol. The maximum atomic E-state index is 10.2. The molecule has 2 aromatic carbocycles. The van der Waals surface area contributed by atoms with Crippen molar-refractivity contribution in [2.45, 2.75) is 0 Å². The standard InChI is InChI=1S/C16H13BrN2O/c1-19-15-9-5-2-6-11(15)12(16(19)20)10-18-14-8-4-3-7-13(14)17/h2-10,20H,1H3. The Kier molecular flexibility index (Phi) is 3.32. The number of nitrogens with zero attached hydrogens (tertiary/aromatic N) is 2. The van der Waals surface area contributed by atoms with Crippen molar-refractivity contribution in [3.05, 3.63) is 58.6 Å². The summed E-state index contributed by atoms with van der Waals surface area (Å²) in [6.45, 7) is 0. The molecule has 0 atom stereocenters. The topological polar surface area (TPSA) is 37.5 Å². The first-order chi connectivity index (χ1) is 9.68. The smallest absolute Gasteiger partial charge is 0.200 e. The van der Waals surface area contributed by atoms with Crippen LogP contribution in [0.25, 0.3) is 10.9 Å². The summed E-state index contributed by atoms with van der Waals surface area (Å²) in [4.78, 5) is 4.46. The van der Waals surface area contributed by atoms with E-state index in [1.807, 2.05) is 55.6 Å². The minimum absolute atomic E-state index is 0.224. The lowest BCUT2D eigenvalue weighted by molar-refractivity contribution is 0.434. The monoisotopic (exact) mass is 328 g/mol. The van der Waals surface area contributed by atoms with Crippen LogP contribution in [0.2, 0.25) is 0 Å². The summed E-state index contributed by atoms with van der Waals surface area (Å²) in [6, 6.07) is 15.6. The summed E-state index contributed by atoms with van der Waals surface area (Å²) >= 11 is 3.46. The molecule has 0 spiro atoms. The molecule has 1 N–H and O–H groups in total. The Bertz CT molecular complexity index is 805. The number of aromatic hydroxyl groups is 1. The van der Waals surface area contributed by atoms with Crippen LogP contribution in [0.4, 0.5) is 5.69 Å². The number of fused-ring (bicyclic) bond motifs is 1. The van der Waals surface area contributed by atoms with Gasteiger partial charge >= 0.3 is 0 Å². The Morgan fingerprint density at radius 2 is 1.80 bits per heavy atom. The second kappa shape index (κ2) is 5.13. The van der Waals surface area contributed by atoms with Crippen LogP contribution in [0.3, 0.4) is 0 Å². The van der Waals surface area contributed by atoms with Crippen LogP contribution < -0.4 is 0 Å². The Morgan fingerprint density at radius 1 is 1.10 bits per heavy atom. The maximum absolute atomic E-state index is 10.2. The Hall–Kier alpha value is -2.07. The fourth-order valence-corrected chi connectivity index (χ4v) is 2.61. The molecule has 0 amide bonds. The first kappa shape index (κ1) is 12.9. The van der Waals surface area contributed by atoms with E-state index in [1.54, 1.807) is 10.8 Å². The van der Waals surface area contributed by atoms with Gasteiger partial charge in [-0.05, 0) is 34.1 Å². The number of hydrogen-bond acceptors (Lipinski definition) is 2. The number of aromatic nitrogens is 1. The van der Waals surface area contributed by atoms with Gasteiger partial charge in [0.05, 0.1) is 16.8 Å². The van der Waals surface area contributed by atoms with E-state index in [9.17, 15) is 5.11 Å². The van der Waals surface area contributed by atoms with Gasteiger partial charge in [0.1, 0.15) is 0 Å². The molecular formula is C16H13BrN2O. The molecule has 3 rings (SSSR count). The van der Waals surface area contributed by atoms with Crippen molar-refractivity contribution in [2.75, 3.05) is 0 Å². The van der Waals surface area contributed by atoms with Gasteiger partial charge in [-0.1, -0.05) is 30.3 Å². The molecule has 3 aromatic rings. The number of rotatable bonds is 2. The van der Waals surface area contributed by atoms with Gasteiger partial charge in [0, 0.05) is 23.1 Å². The van der Waals surface area contributed by atoms with Gasteiger partial charge in [-0.3, -0.25) is 4.99 Å². The normalized spacial score (nSPS) is 11.5. The molecule has 0 aliphatic rings. The van der Waals surface area contributed by atoms with Crippen LogP contribution in [-0.2, 0) is 7.05 Å². The fraction of sp³-hybridized carbons (Fsp3) is 0.0625. The van der Waals surface area contributed by atoms with Gasteiger partial charge in [-0.25, -0.2) is 0 Å². The van der Waals surface area contributed by atoms with Gasteiger partial charge in [-0.2, -0.15) is 0 Å². The number of hydrogen-bond donors (Lipinski definition) is 1. The minimum Gasteiger partial charge on any atom is -0.494 e. The molecule has 0 saturated carbocycles. The highest BCUT2D eigenvalue weighted by atomic mass is 79.9. The van der Waals surface area contributed by atoms with Crippen LogP contribution in [0.1, 0.15) is 5.56 Å². The number of aliphatic imine (C=N–C) groups is 1. The van der Waals surface area contributed by atoms with Crippen molar-refractivity contribution in [1.29, 1.82) is 0 Å². The largest absolute Gasteiger partial charge is 0.494 e. The van der Waals surface area contributed by atoms with E-state index in [-0.39, 0.29) is 5.88 Å². The quantitative estimate of drug-likeness (QED) is 0.696. The third kappa shape index (κ3) is 2.12. The van der Waals surface area contributed by atoms with Crippen molar-refractivity contribution in [2.24, 2.45) is 12.0 Å². The summed E-state index contributed by atoms with van der Waals surface area (Å²) in [7, 11) is 1.84. The lowest BCUT2D eigenvalue weighted by Gasteiger charge is -1.97. The van der Waals surface area contributed by atoms with E-state index in [1.165, 1.54) is 0 Å². The summed E-state index contributed by atoms with van der Waals surface area (Å²) < 4.78 is 2.69. The van der Waals surface area contributed by atoms with Crippen molar-refractivity contribution in [3.8, 4) is 5.88 Å². The molecule has 0 radical (unpaired) electrons. The molecule has 0 unspecified atom stereocenters. The molecule has 0 saturated heterocycles. The highest BCUT2D eigenvalue weighted by molar-refractivity contribution is 9.10. The van der Waals surface area contributed by atoms with E-state index in [0.29, 0.717) is 0 Å². The summed E-state index contributed by atoms with van der Waals surface area (Å²) in [6.07, 6.45) is 1.71. The van der Waals surface area contributed by atoms with Crippen molar-refractivity contribution < 1.29 is 5.11 Å². The Balaban J connectivity index is 2.12. The van der Waals surface area contributed by atoms with Gasteiger partial charge in [-0.15, -0.1) is 0 Å². The molecule has 0 aliphatic carbocycles. The lowest BCUT2D eigenvalue weighted by atomic mass is 10.2. The van der Waals surface area contributed by atoms with E-state index in [0.717, 1.165) is 26.6 Å². The van der Waals surface area contributed by atoms with E-state index >= 15 is 0 Å². The van der Waals surface area contributed by atoms with Gasteiger partial charge in [0.25, 0.3) is 0 Å². The fourth-order valence-electron chi connectivity index (χ4n) is 2.23. The average Bonchev–Trinajstić information content (AvgIpc) is 2.71. The van der Waals surface area contributed by atoms with Crippen LogP contribution in [0, 0.1) is 0 Å². The number of aryl methyl sites for hydroxylation is 1. The molecule has 1 heterocycles. The third-order valence-corrected chi connectivity index (χ3v) is 3.97. The molecule has 1 aromatic heterocycles. The summed E-state index contributed by atoms with van der Waals surface area (Å²) in [5.41, 5.74) is 2.55. The second-order valence-electron chi connectivity index (χ2n) is 4.52. The van der Waals surface area contributed by atoms with Crippen molar-refractivity contribution in [1.82, 2.24) is 4.57 Å². The predicted octanol–water partition coefficient (Wildman–Crippen LogP) is 4.40. The van der Waals surface area contributed by atoms with Crippen LogP contribution in [0.15, 0.2) is 58.0 Å². The first-order valence-electron chi connectivity index (χ1n) is 6.23. The SMILES string of the molecule is Cn1c(O)c(C=Nc2ccccc2Br)c2ccccc21. The molecule has 100 valence electrons. The maximum Gasteiger partial charge on any atom is 0.200 e. The van der Waals surface area contributed by atoms with Gasteiger partial charge < -0.3 is 9.67 Å². The number of para-hydroxylation sites is 2. The molecule has 20 heavy (non-hydrogen) atoms. The van der Waals surface area contributed by atoms with Crippen LogP contribution >= 0.6 is 15.9 Å². The molecule has 3 nitrogen and oxygen atoms in total.